The predicted octanol–water partition coefficient (Wildman–Crippen LogP) is -1.16. The Bertz CT molecular complexity index is 1190. The van der Waals surface area contributed by atoms with E-state index in [9.17, 15) is 24.6 Å². The molecule has 12 nitrogen and oxygen atoms in total. The monoisotopic (exact) mass is 495 g/mol. The van der Waals surface area contributed by atoms with E-state index in [1.54, 1.807) is 24.1 Å². The molecule has 14 heteroatoms. The van der Waals surface area contributed by atoms with Crippen molar-refractivity contribution in [3.63, 3.8) is 0 Å². The summed E-state index contributed by atoms with van der Waals surface area (Å²) >= 11 is 1.30. The van der Waals surface area contributed by atoms with Crippen LogP contribution in [0.1, 0.15) is 18.0 Å². The quantitative estimate of drug-likeness (QED) is 0.242. The van der Waals surface area contributed by atoms with Crippen molar-refractivity contribution >= 4 is 59.1 Å². The second-order valence-corrected chi connectivity index (χ2v) is 9.27. The van der Waals surface area contributed by atoms with Gasteiger partial charge in [0.25, 0.3) is 0 Å². The second kappa shape index (κ2) is 9.30. The van der Waals surface area contributed by atoms with Crippen LogP contribution >= 0.6 is 11.8 Å². The number of hydrogen-bond donors (Lipinski definition) is 3. The first-order valence-corrected chi connectivity index (χ1v) is 11.2. The Morgan fingerprint density at radius 3 is 2.59 bits per heavy atom. The van der Waals surface area contributed by atoms with Gasteiger partial charge in [-0.25, -0.2) is 9.48 Å². The van der Waals surface area contributed by atoms with E-state index in [2.05, 4.69) is 15.5 Å². The normalized spacial score (nSPS) is 24.3. The number of carboxylic acid groups (broad SMARTS) is 1. The summed E-state index contributed by atoms with van der Waals surface area (Å²) in [6, 6.07) is 4.33. The number of amides is 2. The number of aryl methyl sites for hydroxylation is 1. The molecule has 0 bridgehead atoms. The van der Waals surface area contributed by atoms with Crippen molar-refractivity contribution in [3.8, 4) is 5.75 Å². The topological polar surface area (TPSA) is 168 Å². The number of benzene rings is 1. The first-order chi connectivity index (χ1) is 15.8. The van der Waals surface area contributed by atoms with Crippen LogP contribution in [0.5, 0.6) is 5.75 Å². The van der Waals surface area contributed by atoms with Crippen LogP contribution in [0.2, 0.25) is 0 Å². The number of tetrazole rings is 1. The standard InChI is InChI=1S/C20H21N7O5S.Na.H/c1-25-20(22-23-24-25)33-8-11-6-10-7-26(14(17(21)29)9-2-4-12(28)5-3-9)16-13(10)27(18(16)30)15(11)19(31)32;;/h2-5,10,13-14,16,28H,6-8H2,1H3,(H2,21,29)(H,31,32);;/t10-,13-,14?,16+;;/m1../s1. The molecule has 34 heavy (non-hydrogen) atoms. The maximum atomic E-state index is 13.2. The molecule has 4 heterocycles. The van der Waals surface area contributed by atoms with Crippen LogP contribution in [0.4, 0.5) is 0 Å². The predicted molar refractivity (Wildman–Crippen MR) is 121 cm³/mol. The van der Waals surface area contributed by atoms with E-state index in [0.717, 1.165) is 0 Å². The van der Waals surface area contributed by atoms with Gasteiger partial charge >= 0.3 is 35.5 Å². The van der Waals surface area contributed by atoms with Crippen LogP contribution in [-0.2, 0) is 21.4 Å². The number of rotatable bonds is 7. The van der Waals surface area contributed by atoms with E-state index in [-0.39, 0.29) is 58.9 Å². The van der Waals surface area contributed by atoms with Gasteiger partial charge in [-0.05, 0) is 46.0 Å². The molecule has 2 fully saturated rings. The summed E-state index contributed by atoms with van der Waals surface area (Å²) < 4.78 is 1.49. The van der Waals surface area contributed by atoms with Gasteiger partial charge in [-0.1, -0.05) is 23.9 Å². The molecular formula is C20H22N7NaO5S. The molecule has 1 aromatic heterocycles. The Balaban J connectivity index is 0.00000274. The summed E-state index contributed by atoms with van der Waals surface area (Å²) in [5, 5.41) is 31.3. The SMILES string of the molecule is Cn1nnnc1SCC1=C(C(=O)O)N2C(=O)[C@@H]3[C@H]2[C@H](C1)CN3C(C(N)=O)c1ccc(O)cc1.[NaH]. The fourth-order valence-corrected chi connectivity index (χ4v) is 6.02. The number of likely N-dealkylation sites (tertiary alicyclic amines) is 1. The van der Waals surface area contributed by atoms with E-state index in [1.807, 2.05) is 0 Å². The summed E-state index contributed by atoms with van der Waals surface area (Å²) in [5.41, 5.74) is 6.93. The average molecular weight is 495 g/mol. The van der Waals surface area contributed by atoms with Crippen molar-refractivity contribution in [2.75, 3.05) is 12.3 Å². The van der Waals surface area contributed by atoms with Crippen LogP contribution in [0.25, 0.3) is 0 Å². The fraction of sp³-hybridized carbons (Fsp3) is 0.400. The van der Waals surface area contributed by atoms with Crippen molar-refractivity contribution in [2.24, 2.45) is 18.7 Å². The van der Waals surface area contributed by atoms with Gasteiger partial charge in [-0.15, -0.1) is 5.10 Å². The number of phenols is 1. The minimum atomic E-state index is -1.16. The Kier molecular flexibility index (Phi) is 6.75. The summed E-state index contributed by atoms with van der Waals surface area (Å²) in [4.78, 5) is 40.8. The zero-order chi connectivity index (χ0) is 23.4. The Hall–Kier alpha value is -2.45. The van der Waals surface area contributed by atoms with Gasteiger partial charge < -0.3 is 15.9 Å². The zero-order valence-electron chi connectivity index (χ0n) is 17.5. The Morgan fingerprint density at radius 1 is 1.29 bits per heavy atom. The molecule has 0 spiro atoms. The molecule has 1 unspecified atom stereocenters. The van der Waals surface area contributed by atoms with Crippen LogP contribution in [0.3, 0.4) is 0 Å². The molecule has 4 N–H and O–H groups in total. The molecule has 2 aromatic rings. The molecule has 0 radical (unpaired) electrons. The van der Waals surface area contributed by atoms with E-state index >= 15 is 0 Å². The van der Waals surface area contributed by atoms with Gasteiger partial charge in [0.1, 0.15) is 23.5 Å². The first-order valence-electron chi connectivity index (χ1n) is 10.3. The van der Waals surface area contributed by atoms with Crippen molar-refractivity contribution in [3.05, 3.63) is 41.1 Å². The van der Waals surface area contributed by atoms with Gasteiger partial charge in [0.05, 0.1) is 6.04 Å². The molecule has 4 atom stereocenters. The van der Waals surface area contributed by atoms with Gasteiger partial charge in [0.2, 0.25) is 17.0 Å². The van der Waals surface area contributed by atoms with Crippen molar-refractivity contribution in [1.29, 1.82) is 0 Å². The third-order valence-electron chi connectivity index (χ3n) is 6.45. The number of carboxylic acids is 1. The minimum absolute atomic E-state index is 0. The molecule has 1 aromatic carbocycles. The number of aromatic nitrogens is 4. The molecule has 3 aliphatic heterocycles. The van der Waals surface area contributed by atoms with Gasteiger partial charge in [-0.3, -0.25) is 19.4 Å². The summed E-state index contributed by atoms with van der Waals surface area (Å²) in [6.45, 7) is 0.415. The Morgan fingerprint density at radius 2 is 2.00 bits per heavy atom. The van der Waals surface area contributed by atoms with Crippen LogP contribution in [0, 0.1) is 5.92 Å². The zero-order valence-corrected chi connectivity index (χ0v) is 18.3. The van der Waals surface area contributed by atoms with E-state index in [0.29, 0.717) is 35.0 Å². The fourth-order valence-electron chi connectivity index (χ4n) is 5.14. The number of carbonyl (C=O) groups is 3. The number of aromatic hydroxyl groups is 1. The molecule has 174 valence electrons. The van der Waals surface area contributed by atoms with E-state index < -0.39 is 24.0 Å². The number of thioether (sulfide) groups is 1. The molecule has 0 aliphatic carbocycles. The first kappa shape index (κ1) is 24.7. The van der Waals surface area contributed by atoms with Crippen LogP contribution in [-0.4, -0.2) is 112 Å². The van der Waals surface area contributed by atoms with Gasteiger partial charge in [-0.2, -0.15) is 0 Å². The van der Waals surface area contributed by atoms with E-state index in [4.69, 9.17) is 5.73 Å². The molecule has 3 aliphatic rings. The molecule has 5 rings (SSSR count). The maximum absolute atomic E-state index is 13.2. The van der Waals surface area contributed by atoms with Crippen molar-refractivity contribution in [2.45, 2.75) is 29.7 Å². The van der Waals surface area contributed by atoms with Crippen LogP contribution < -0.4 is 5.73 Å². The van der Waals surface area contributed by atoms with Crippen molar-refractivity contribution in [1.82, 2.24) is 30.0 Å². The van der Waals surface area contributed by atoms with Crippen LogP contribution in [0.15, 0.2) is 40.7 Å². The molecule has 2 amide bonds. The third-order valence-corrected chi connectivity index (χ3v) is 7.55. The average Bonchev–Trinajstić information content (AvgIpc) is 3.33. The third kappa shape index (κ3) is 3.90. The molecule has 0 saturated carbocycles. The molecule has 2 saturated heterocycles. The summed E-state index contributed by atoms with van der Waals surface area (Å²) in [6.07, 6.45) is 0.475. The summed E-state index contributed by atoms with van der Waals surface area (Å²) in [5.74, 6) is -1.78. The number of hydrogen-bond acceptors (Lipinski definition) is 9. The number of β-lactam (4-membered cyclic amide) rings is 1. The number of nitrogens with two attached hydrogens (primary N) is 1. The van der Waals surface area contributed by atoms with E-state index in [1.165, 1.54) is 33.5 Å². The number of nitrogens with zero attached hydrogens (tertiary/aromatic N) is 6. The Labute approximate surface area is 220 Å². The second-order valence-electron chi connectivity index (χ2n) is 8.33. The number of carbonyl (C=O) groups excluding carboxylic acids is 2. The number of phenolic OH excluding ortho intramolecular Hbond substituents is 1. The van der Waals surface area contributed by atoms with Crippen molar-refractivity contribution < 1.29 is 24.6 Å². The number of primary amides is 1. The van der Waals surface area contributed by atoms with Gasteiger partial charge in [0, 0.05) is 19.3 Å². The molecular weight excluding hydrogens is 473 g/mol. The summed E-state index contributed by atoms with van der Waals surface area (Å²) in [7, 11) is 1.69. The number of aliphatic carboxylic acids is 1. The van der Waals surface area contributed by atoms with Gasteiger partial charge in [0.15, 0.2) is 0 Å².